The van der Waals surface area contributed by atoms with E-state index in [0.29, 0.717) is 36.9 Å². The molecule has 146 valence electrons. The highest BCUT2D eigenvalue weighted by atomic mass is 35.5. The Morgan fingerprint density at radius 1 is 1.14 bits per heavy atom. The van der Waals surface area contributed by atoms with Crippen molar-refractivity contribution in [3.05, 3.63) is 53.3 Å². The smallest absolute Gasteiger partial charge is 0.238 e. The van der Waals surface area contributed by atoms with E-state index in [4.69, 9.17) is 11.6 Å². The molecule has 2 aliphatic rings. The molecule has 1 fully saturated rings. The number of nitrogens with one attached hydrogen (secondary N) is 1. The highest BCUT2D eigenvalue weighted by molar-refractivity contribution is 8.01. The van der Waals surface area contributed by atoms with Crippen LogP contribution in [0.3, 0.4) is 0 Å². The highest BCUT2D eigenvalue weighted by Crippen LogP contribution is 2.38. The number of thioether (sulfide) groups is 1. The standard InChI is InChI=1S/C20H19ClFN3O2S/c21-13-1-6-17-16(11-13)23-20(27)18(28-17)12-19(26)25-9-7-24(8-10-25)15-4-2-14(22)3-5-15/h1-6,11,18H,7-10,12H2,(H,23,27)/t18-/m1/s1. The predicted octanol–water partition coefficient (Wildman–Crippen LogP) is 3.63. The van der Waals surface area contributed by atoms with Gasteiger partial charge in [-0.1, -0.05) is 11.6 Å². The zero-order valence-corrected chi connectivity index (χ0v) is 16.6. The van der Waals surface area contributed by atoms with E-state index in [-0.39, 0.29) is 24.1 Å². The lowest BCUT2D eigenvalue weighted by Crippen LogP contribution is -2.49. The summed E-state index contributed by atoms with van der Waals surface area (Å²) in [4.78, 5) is 29.9. The topological polar surface area (TPSA) is 52.7 Å². The first-order valence-corrected chi connectivity index (χ1v) is 10.3. The lowest BCUT2D eigenvalue weighted by atomic mass is 10.2. The van der Waals surface area contributed by atoms with E-state index in [1.165, 1.54) is 23.9 Å². The summed E-state index contributed by atoms with van der Waals surface area (Å²) in [5, 5.41) is 2.95. The van der Waals surface area contributed by atoms with Crippen LogP contribution in [0.1, 0.15) is 6.42 Å². The lowest BCUT2D eigenvalue weighted by Gasteiger charge is -2.36. The molecule has 0 aromatic heterocycles. The zero-order valence-electron chi connectivity index (χ0n) is 15.0. The Kier molecular flexibility index (Phi) is 5.46. The highest BCUT2D eigenvalue weighted by Gasteiger charge is 2.31. The summed E-state index contributed by atoms with van der Waals surface area (Å²) in [5.74, 6) is -0.452. The molecule has 0 radical (unpaired) electrons. The molecule has 0 saturated carbocycles. The molecule has 8 heteroatoms. The second-order valence-corrected chi connectivity index (χ2v) is 8.47. The van der Waals surface area contributed by atoms with Crippen molar-refractivity contribution in [1.82, 2.24) is 4.90 Å². The largest absolute Gasteiger partial charge is 0.368 e. The normalized spacial score (nSPS) is 19.2. The van der Waals surface area contributed by atoms with Gasteiger partial charge in [-0.25, -0.2) is 4.39 Å². The van der Waals surface area contributed by atoms with Gasteiger partial charge in [-0.15, -0.1) is 11.8 Å². The summed E-state index contributed by atoms with van der Waals surface area (Å²) in [7, 11) is 0. The van der Waals surface area contributed by atoms with Crippen molar-refractivity contribution in [3.63, 3.8) is 0 Å². The van der Waals surface area contributed by atoms with Gasteiger partial charge < -0.3 is 15.1 Å². The van der Waals surface area contributed by atoms with Crippen LogP contribution in [0.2, 0.25) is 5.02 Å². The van der Waals surface area contributed by atoms with Crippen LogP contribution in [0.5, 0.6) is 0 Å². The number of nitrogens with zero attached hydrogens (tertiary/aromatic N) is 2. The monoisotopic (exact) mass is 419 g/mol. The summed E-state index contributed by atoms with van der Waals surface area (Å²) in [5.41, 5.74) is 1.64. The molecule has 1 N–H and O–H groups in total. The minimum absolute atomic E-state index is 0.0242. The van der Waals surface area contributed by atoms with Gasteiger partial charge in [0.2, 0.25) is 11.8 Å². The van der Waals surface area contributed by atoms with Crippen molar-refractivity contribution in [3.8, 4) is 0 Å². The molecule has 28 heavy (non-hydrogen) atoms. The average Bonchev–Trinajstić information content (AvgIpc) is 2.69. The van der Waals surface area contributed by atoms with Gasteiger partial charge in [0.25, 0.3) is 0 Å². The summed E-state index contributed by atoms with van der Waals surface area (Å²) >= 11 is 7.37. The second-order valence-electron chi connectivity index (χ2n) is 6.78. The number of benzene rings is 2. The van der Waals surface area contributed by atoms with Crippen LogP contribution in [0.15, 0.2) is 47.4 Å². The molecule has 2 aromatic carbocycles. The number of hydrogen-bond donors (Lipinski definition) is 1. The Balaban J connectivity index is 1.34. The first kappa shape index (κ1) is 19.1. The molecular weight excluding hydrogens is 401 g/mol. The molecule has 2 aromatic rings. The maximum absolute atomic E-state index is 13.1. The Labute approximate surface area is 171 Å². The lowest BCUT2D eigenvalue weighted by molar-refractivity contribution is -0.132. The first-order valence-electron chi connectivity index (χ1n) is 9.05. The van der Waals surface area contributed by atoms with Gasteiger partial charge in [-0.3, -0.25) is 9.59 Å². The van der Waals surface area contributed by atoms with E-state index in [1.54, 1.807) is 29.2 Å². The van der Waals surface area contributed by atoms with Crippen LogP contribution in [0, 0.1) is 5.82 Å². The fourth-order valence-corrected chi connectivity index (χ4v) is 4.66. The number of halogens is 2. The van der Waals surface area contributed by atoms with Gasteiger partial charge >= 0.3 is 0 Å². The fraction of sp³-hybridized carbons (Fsp3) is 0.300. The van der Waals surface area contributed by atoms with Crippen molar-refractivity contribution in [2.24, 2.45) is 0 Å². The molecule has 4 rings (SSSR count). The van der Waals surface area contributed by atoms with Crippen molar-refractivity contribution in [1.29, 1.82) is 0 Å². The fourth-order valence-electron chi connectivity index (χ4n) is 3.41. The molecule has 1 saturated heterocycles. The van der Waals surface area contributed by atoms with E-state index in [2.05, 4.69) is 10.2 Å². The summed E-state index contributed by atoms with van der Waals surface area (Å²) in [6.07, 6.45) is 0.162. The minimum Gasteiger partial charge on any atom is -0.368 e. The van der Waals surface area contributed by atoms with Crippen molar-refractivity contribution >= 4 is 46.6 Å². The molecule has 2 amide bonds. The number of carbonyl (C=O) groups excluding carboxylic acids is 2. The van der Waals surface area contributed by atoms with E-state index < -0.39 is 5.25 Å². The third kappa shape index (κ3) is 4.10. The number of fused-ring (bicyclic) bond motifs is 1. The summed E-state index contributed by atoms with van der Waals surface area (Å²) < 4.78 is 13.1. The van der Waals surface area contributed by atoms with E-state index in [9.17, 15) is 14.0 Å². The Bertz CT molecular complexity index is 901. The predicted molar refractivity (Wildman–Crippen MR) is 110 cm³/mol. The third-order valence-corrected chi connectivity index (χ3v) is 6.46. The maximum Gasteiger partial charge on any atom is 0.238 e. The van der Waals surface area contributed by atoms with Gasteiger partial charge in [-0.05, 0) is 42.5 Å². The van der Waals surface area contributed by atoms with Gasteiger partial charge in [0.1, 0.15) is 5.82 Å². The van der Waals surface area contributed by atoms with Crippen molar-refractivity contribution < 1.29 is 14.0 Å². The van der Waals surface area contributed by atoms with Gasteiger partial charge in [0, 0.05) is 48.2 Å². The second kappa shape index (κ2) is 8.01. The van der Waals surface area contributed by atoms with Crippen LogP contribution >= 0.6 is 23.4 Å². The SMILES string of the molecule is O=C1Nc2cc(Cl)ccc2S[C@@H]1CC(=O)N1CCN(c2ccc(F)cc2)CC1. The average molecular weight is 420 g/mol. The number of hydrogen-bond acceptors (Lipinski definition) is 4. The van der Waals surface area contributed by atoms with E-state index in [1.807, 2.05) is 6.07 Å². The number of amides is 2. The minimum atomic E-state index is -0.448. The van der Waals surface area contributed by atoms with Crippen molar-refractivity contribution in [2.45, 2.75) is 16.6 Å². The third-order valence-electron chi connectivity index (χ3n) is 4.95. The van der Waals surface area contributed by atoms with Gasteiger partial charge in [0.05, 0.1) is 10.9 Å². The number of carbonyl (C=O) groups is 2. The molecule has 1 atom stereocenters. The van der Waals surface area contributed by atoms with Gasteiger partial charge in [0.15, 0.2) is 0 Å². The van der Waals surface area contributed by atoms with Crippen LogP contribution in [-0.4, -0.2) is 48.1 Å². The zero-order chi connectivity index (χ0) is 19.7. The summed E-state index contributed by atoms with van der Waals surface area (Å²) in [6, 6.07) is 11.7. The molecule has 2 heterocycles. The number of piperazine rings is 1. The Hall–Kier alpha value is -2.25. The first-order chi connectivity index (χ1) is 13.5. The van der Waals surface area contributed by atoms with Crippen molar-refractivity contribution in [2.75, 3.05) is 36.4 Å². The van der Waals surface area contributed by atoms with Crippen LogP contribution in [-0.2, 0) is 9.59 Å². The molecule has 0 spiro atoms. The van der Waals surface area contributed by atoms with E-state index in [0.717, 1.165) is 10.6 Å². The van der Waals surface area contributed by atoms with Gasteiger partial charge in [-0.2, -0.15) is 0 Å². The Morgan fingerprint density at radius 2 is 1.86 bits per heavy atom. The maximum atomic E-state index is 13.1. The quantitative estimate of drug-likeness (QED) is 0.825. The summed E-state index contributed by atoms with van der Waals surface area (Å²) in [6.45, 7) is 2.54. The van der Waals surface area contributed by atoms with Crippen LogP contribution in [0.4, 0.5) is 15.8 Å². The number of anilines is 2. The molecule has 0 aliphatic carbocycles. The molecule has 2 aliphatic heterocycles. The molecule has 5 nitrogen and oxygen atoms in total. The molecule has 0 bridgehead atoms. The molecule has 0 unspecified atom stereocenters. The molecular formula is C20H19ClFN3O2S. The van der Waals surface area contributed by atoms with Crippen LogP contribution in [0.25, 0.3) is 0 Å². The van der Waals surface area contributed by atoms with Crippen LogP contribution < -0.4 is 10.2 Å². The van der Waals surface area contributed by atoms with E-state index >= 15 is 0 Å². The number of rotatable bonds is 3. The Morgan fingerprint density at radius 3 is 2.57 bits per heavy atom.